The Morgan fingerprint density at radius 3 is 2.20 bits per heavy atom. The number of nitrogens with zero attached hydrogens (tertiary/aromatic N) is 2. The third-order valence-corrected chi connectivity index (χ3v) is 8.55. The van der Waals surface area contributed by atoms with Crippen LogP contribution in [-0.4, -0.2) is 58.3 Å². The molecule has 5 atom stereocenters. The molecule has 2 heterocycles. The third-order valence-electron chi connectivity index (χ3n) is 8.55. The summed E-state index contributed by atoms with van der Waals surface area (Å²) in [5.74, 6) is -0.755. The minimum absolute atomic E-state index is 0.0629. The van der Waals surface area contributed by atoms with Crippen LogP contribution in [0.2, 0.25) is 0 Å². The van der Waals surface area contributed by atoms with E-state index in [1.54, 1.807) is 66.7 Å². The SMILES string of the molecule is C[C@H]1[C@@H](CN(C)C[C@@H](O)c2cccc(O)c2)O[C@@H](c2cccc(N3C(=O)c4ccccc4C3=O)c2)O[C@H]1c1ccc(CO)cc1. The number of rotatable bonds is 9. The number of fused-ring (bicyclic) bond motifs is 1. The number of carbonyl (C=O) groups is 2. The summed E-state index contributed by atoms with van der Waals surface area (Å²) in [6, 6.07) is 28.1. The average molecular weight is 609 g/mol. The van der Waals surface area contributed by atoms with Crippen molar-refractivity contribution in [1.29, 1.82) is 0 Å². The molecule has 2 aliphatic rings. The second kappa shape index (κ2) is 12.9. The molecule has 0 spiro atoms. The largest absolute Gasteiger partial charge is 0.508 e. The van der Waals surface area contributed by atoms with Crippen molar-refractivity contribution in [2.24, 2.45) is 5.92 Å². The van der Waals surface area contributed by atoms with Crippen LogP contribution in [-0.2, 0) is 16.1 Å². The number of ether oxygens (including phenoxy) is 2. The van der Waals surface area contributed by atoms with E-state index in [0.29, 0.717) is 41.0 Å². The summed E-state index contributed by atoms with van der Waals surface area (Å²) >= 11 is 0. The fraction of sp³-hybridized carbons (Fsp3) is 0.278. The minimum atomic E-state index is -0.814. The molecule has 0 unspecified atom stereocenters. The van der Waals surface area contributed by atoms with Crippen LogP contribution in [0.25, 0.3) is 0 Å². The zero-order valence-electron chi connectivity index (χ0n) is 25.1. The first kappa shape index (κ1) is 30.6. The Morgan fingerprint density at radius 2 is 1.53 bits per heavy atom. The van der Waals surface area contributed by atoms with E-state index in [4.69, 9.17) is 9.47 Å². The molecule has 45 heavy (non-hydrogen) atoms. The molecular weight excluding hydrogens is 572 g/mol. The molecule has 2 aliphatic heterocycles. The van der Waals surface area contributed by atoms with Crippen molar-refractivity contribution < 1.29 is 34.4 Å². The summed E-state index contributed by atoms with van der Waals surface area (Å²) in [5, 5.41) is 30.3. The van der Waals surface area contributed by atoms with E-state index in [-0.39, 0.29) is 42.3 Å². The minimum Gasteiger partial charge on any atom is -0.508 e. The normalized spacial score (nSPS) is 22.1. The number of aromatic hydroxyl groups is 1. The maximum absolute atomic E-state index is 13.2. The average Bonchev–Trinajstić information content (AvgIpc) is 3.31. The van der Waals surface area contributed by atoms with Crippen molar-refractivity contribution in [2.75, 3.05) is 25.0 Å². The molecule has 1 saturated heterocycles. The van der Waals surface area contributed by atoms with Crippen LogP contribution in [0.1, 0.15) is 68.4 Å². The van der Waals surface area contributed by atoms with Crippen molar-refractivity contribution in [3.05, 3.63) is 130 Å². The summed E-state index contributed by atoms with van der Waals surface area (Å²) in [7, 11) is 1.90. The lowest BCUT2D eigenvalue weighted by Crippen LogP contribution is -2.44. The Morgan fingerprint density at radius 1 is 0.844 bits per heavy atom. The summed E-state index contributed by atoms with van der Waals surface area (Å²) in [5.41, 5.74) is 4.16. The lowest BCUT2D eigenvalue weighted by atomic mass is 9.90. The fourth-order valence-corrected chi connectivity index (χ4v) is 6.08. The quantitative estimate of drug-likeness (QED) is 0.224. The number of phenols is 1. The van der Waals surface area contributed by atoms with Gasteiger partial charge in [0.1, 0.15) is 5.75 Å². The van der Waals surface area contributed by atoms with Crippen LogP contribution in [0.15, 0.2) is 97.1 Å². The highest BCUT2D eigenvalue weighted by atomic mass is 16.7. The van der Waals surface area contributed by atoms with Gasteiger partial charge in [-0.2, -0.15) is 0 Å². The molecular formula is C36H36N2O7. The number of likely N-dealkylation sites (N-methyl/N-ethyl adjacent to an activating group) is 1. The van der Waals surface area contributed by atoms with E-state index < -0.39 is 12.4 Å². The molecule has 232 valence electrons. The van der Waals surface area contributed by atoms with Crippen LogP contribution in [0, 0.1) is 5.92 Å². The lowest BCUT2D eigenvalue weighted by Gasteiger charge is -2.42. The number of hydrogen-bond acceptors (Lipinski definition) is 8. The topological polar surface area (TPSA) is 120 Å². The van der Waals surface area contributed by atoms with Crippen molar-refractivity contribution >= 4 is 17.5 Å². The number of phenolic OH excluding ortho intramolecular Hbond substituents is 1. The number of amides is 2. The number of aliphatic hydroxyl groups excluding tert-OH is 2. The maximum atomic E-state index is 13.2. The summed E-state index contributed by atoms with van der Waals surface area (Å²) in [4.78, 5) is 29.6. The van der Waals surface area contributed by atoms with Gasteiger partial charge in [0.05, 0.1) is 41.7 Å². The van der Waals surface area contributed by atoms with E-state index in [1.165, 1.54) is 4.90 Å². The van der Waals surface area contributed by atoms with Gasteiger partial charge in [-0.25, -0.2) is 4.90 Å². The van der Waals surface area contributed by atoms with Crippen LogP contribution < -0.4 is 4.90 Å². The summed E-state index contributed by atoms with van der Waals surface area (Å²) in [6.45, 7) is 2.78. The Balaban J connectivity index is 1.26. The van der Waals surface area contributed by atoms with Gasteiger partial charge in [0.15, 0.2) is 6.29 Å². The monoisotopic (exact) mass is 608 g/mol. The van der Waals surface area contributed by atoms with Crippen molar-refractivity contribution in [2.45, 2.75) is 38.1 Å². The zero-order valence-corrected chi connectivity index (χ0v) is 25.1. The van der Waals surface area contributed by atoms with Gasteiger partial charge in [0.2, 0.25) is 0 Å². The van der Waals surface area contributed by atoms with Crippen LogP contribution in [0.5, 0.6) is 5.75 Å². The van der Waals surface area contributed by atoms with Crippen molar-refractivity contribution in [3.8, 4) is 5.75 Å². The molecule has 9 nitrogen and oxygen atoms in total. The first-order chi connectivity index (χ1) is 21.7. The smallest absolute Gasteiger partial charge is 0.266 e. The molecule has 0 aromatic heterocycles. The van der Waals surface area contributed by atoms with Crippen molar-refractivity contribution in [3.63, 3.8) is 0 Å². The standard InChI is InChI=1S/C36H36N2O7/c1-22-32(20-37(2)19-31(41)25-7-6-10-28(40)18-25)44-36(45-33(22)24-15-13-23(21-39)14-16-24)26-8-5-9-27(17-26)38-34(42)29-11-3-4-12-30(29)35(38)43/h3-18,22,31-33,36,39-41H,19-21H2,1-2H3/t22-,31+,32+,33+,36+/m0/s1. The molecule has 9 heteroatoms. The van der Waals surface area contributed by atoms with Crippen molar-refractivity contribution in [1.82, 2.24) is 4.90 Å². The van der Waals surface area contributed by atoms with Gasteiger partial charge in [-0.15, -0.1) is 0 Å². The van der Waals surface area contributed by atoms with Gasteiger partial charge in [-0.3, -0.25) is 9.59 Å². The van der Waals surface area contributed by atoms with E-state index in [0.717, 1.165) is 11.1 Å². The number of aliphatic hydroxyl groups is 2. The molecule has 4 aromatic carbocycles. The van der Waals surface area contributed by atoms with Gasteiger partial charge in [0.25, 0.3) is 11.8 Å². The van der Waals surface area contributed by atoms with Crippen LogP contribution in [0.3, 0.4) is 0 Å². The third kappa shape index (κ3) is 6.26. The number of carbonyl (C=O) groups excluding carboxylic acids is 2. The molecule has 0 radical (unpaired) electrons. The Bertz CT molecular complexity index is 1660. The highest BCUT2D eigenvalue weighted by Crippen LogP contribution is 2.43. The van der Waals surface area contributed by atoms with E-state index >= 15 is 0 Å². The molecule has 0 bridgehead atoms. The Kier molecular flexibility index (Phi) is 8.80. The molecule has 0 saturated carbocycles. The van der Waals surface area contributed by atoms with Gasteiger partial charge in [-0.1, -0.05) is 67.6 Å². The van der Waals surface area contributed by atoms with E-state index in [2.05, 4.69) is 6.92 Å². The zero-order chi connectivity index (χ0) is 31.7. The highest BCUT2D eigenvalue weighted by Gasteiger charge is 2.40. The molecule has 4 aromatic rings. The lowest BCUT2D eigenvalue weighted by molar-refractivity contribution is -0.276. The maximum Gasteiger partial charge on any atom is 0.266 e. The molecule has 1 fully saturated rings. The summed E-state index contributed by atoms with van der Waals surface area (Å²) in [6.07, 6.45) is -2.32. The molecule has 6 rings (SSSR count). The summed E-state index contributed by atoms with van der Waals surface area (Å²) < 4.78 is 13.2. The first-order valence-electron chi connectivity index (χ1n) is 15.0. The number of benzene rings is 4. The number of anilines is 1. The molecule has 2 amide bonds. The van der Waals surface area contributed by atoms with E-state index in [1.807, 2.05) is 42.3 Å². The Hall–Kier alpha value is -4.38. The second-order valence-corrected chi connectivity index (χ2v) is 11.7. The van der Waals surface area contributed by atoms with Crippen LogP contribution >= 0.6 is 0 Å². The predicted molar refractivity (Wildman–Crippen MR) is 168 cm³/mol. The second-order valence-electron chi connectivity index (χ2n) is 11.7. The molecule has 0 aliphatic carbocycles. The van der Waals surface area contributed by atoms with E-state index in [9.17, 15) is 24.9 Å². The van der Waals surface area contributed by atoms with Gasteiger partial charge in [-0.05, 0) is 60.1 Å². The van der Waals surface area contributed by atoms with Gasteiger partial charge in [0, 0.05) is 24.6 Å². The van der Waals surface area contributed by atoms with Gasteiger partial charge < -0.3 is 29.7 Å². The predicted octanol–water partition coefficient (Wildman–Crippen LogP) is 5.14. The van der Waals surface area contributed by atoms with Crippen LogP contribution in [0.4, 0.5) is 5.69 Å². The first-order valence-corrected chi connectivity index (χ1v) is 15.0. The Labute approximate surface area is 261 Å². The number of imide groups is 1. The number of hydrogen-bond donors (Lipinski definition) is 3. The fourth-order valence-electron chi connectivity index (χ4n) is 6.08. The molecule has 3 N–H and O–H groups in total. The highest BCUT2D eigenvalue weighted by molar-refractivity contribution is 6.34. The van der Waals surface area contributed by atoms with Gasteiger partial charge >= 0.3 is 0 Å².